The van der Waals surface area contributed by atoms with Gasteiger partial charge in [-0.15, -0.1) is 0 Å². The van der Waals surface area contributed by atoms with Crippen molar-refractivity contribution in [2.24, 2.45) is 0 Å². The summed E-state index contributed by atoms with van der Waals surface area (Å²) in [5, 5.41) is 0. The molecule has 0 unspecified atom stereocenters. The molecule has 1 aliphatic rings. The molecule has 0 bridgehead atoms. The number of hydrogen-bond donors (Lipinski definition) is 0. The maximum Gasteiger partial charge on any atom is 0.134 e. The third-order valence-corrected chi connectivity index (χ3v) is 5.40. The maximum atomic E-state index is 6.16. The third-order valence-electron chi connectivity index (χ3n) is 5.40. The average molecular weight is 397 g/mol. The van der Waals surface area contributed by atoms with E-state index in [9.17, 15) is 0 Å². The first-order valence-corrected chi connectivity index (χ1v) is 10.0. The van der Waals surface area contributed by atoms with E-state index in [0.29, 0.717) is 0 Å². The molecule has 0 saturated carbocycles. The SMILES string of the molecule is C=C/C=C1/C(=C/C=C)c2c(C=C)oc(C)c2C(=C\C)/C(=C/C)c2c(C=C)oc(C)c21. The van der Waals surface area contributed by atoms with E-state index in [1.165, 1.54) is 0 Å². The van der Waals surface area contributed by atoms with Crippen LogP contribution in [0.15, 0.2) is 71.6 Å². The summed E-state index contributed by atoms with van der Waals surface area (Å²) < 4.78 is 12.3. The standard InChI is InChI=1S/C28H28O2/c1-9-15-21-22(16-10-2)28-24(14-6)29-17(7)25(28)19(11-3)20(12-4)27-23(13-5)30-18(8)26(21)27/h9-16H,1-2,5-6H2,3-4,7-8H3/b19-11-,20-12-,21-15-,22-16-. The molecule has 0 radical (unpaired) electrons. The van der Waals surface area contributed by atoms with Gasteiger partial charge in [-0.2, -0.15) is 0 Å². The van der Waals surface area contributed by atoms with Crippen molar-refractivity contribution in [3.8, 4) is 0 Å². The minimum atomic E-state index is 0.730. The second-order valence-corrected chi connectivity index (χ2v) is 6.99. The molecule has 0 fully saturated rings. The summed E-state index contributed by atoms with van der Waals surface area (Å²) in [7, 11) is 0. The lowest BCUT2D eigenvalue weighted by molar-refractivity contribution is 0.522. The lowest BCUT2D eigenvalue weighted by atomic mass is 9.77. The molecule has 1 aliphatic carbocycles. The zero-order valence-corrected chi connectivity index (χ0v) is 18.3. The largest absolute Gasteiger partial charge is 0.461 e. The molecule has 2 nitrogen and oxygen atoms in total. The van der Waals surface area contributed by atoms with Crippen molar-refractivity contribution >= 4 is 34.4 Å². The number of allylic oxidation sites excluding steroid dienone is 10. The highest BCUT2D eigenvalue weighted by Crippen LogP contribution is 2.51. The van der Waals surface area contributed by atoms with E-state index in [2.05, 4.69) is 38.5 Å². The van der Waals surface area contributed by atoms with Crippen LogP contribution in [0, 0.1) is 13.8 Å². The molecule has 30 heavy (non-hydrogen) atoms. The Hall–Kier alpha value is -3.52. The van der Waals surface area contributed by atoms with Crippen LogP contribution in [-0.4, -0.2) is 0 Å². The summed E-state index contributed by atoms with van der Waals surface area (Å²) in [6.45, 7) is 23.9. The fraction of sp³-hybridized carbons (Fsp3) is 0.143. The summed E-state index contributed by atoms with van der Waals surface area (Å²) in [4.78, 5) is 0. The van der Waals surface area contributed by atoms with Gasteiger partial charge in [0.25, 0.3) is 0 Å². The van der Waals surface area contributed by atoms with Gasteiger partial charge < -0.3 is 8.83 Å². The van der Waals surface area contributed by atoms with E-state index in [4.69, 9.17) is 8.83 Å². The van der Waals surface area contributed by atoms with Crippen molar-refractivity contribution in [1.29, 1.82) is 0 Å². The summed E-state index contributed by atoms with van der Waals surface area (Å²) in [5.41, 5.74) is 8.22. The second kappa shape index (κ2) is 8.46. The molecule has 0 amide bonds. The molecular weight excluding hydrogens is 368 g/mol. The Bertz CT molecular complexity index is 1180. The van der Waals surface area contributed by atoms with Crippen LogP contribution in [0.25, 0.3) is 34.4 Å². The van der Waals surface area contributed by atoms with Crippen molar-refractivity contribution in [3.05, 3.63) is 108 Å². The number of furan rings is 2. The highest BCUT2D eigenvalue weighted by molar-refractivity contribution is 6.19. The first-order chi connectivity index (χ1) is 14.5. The summed E-state index contributed by atoms with van der Waals surface area (Å²) in [6, 6.07) is 0. The summed E-state index contributed by atoms with van der Waals surface area (Å²) in [6.07, 6.45) is 15.4. The van der Waals surface area contributed by atoms with E-state index in [1.807, 2.05) is 39.8 Å². The Morgan fingerprint density at radius 2 is 0.933 bits per heavy atom. The van der Waals surface area contributed by atoms with Crippen LogP contribution in [0.1, 0.15) is 59.1 Å². The Morgan fingerprint density at radius 3 is 1.33 bits per heavy atom. The molecule has 0 N–H and O–H groups in total. The van der Waals surface area contributed by atoms with E-state index in [0.717, 1.165) is 67.6 Å². The predicted octanol–water partition coefficient (Wildman–Crippen LogP) is 8.43. The van der Waals surface area contributed by atoms with Crippen LogP contribution in [0.4, 0.5) is 0 Å². The number of fused-ring (bicyclic) bond motifs is 2. The van der Waals surface area contributed by atoms with Crippen LogP contribution in [-0.2, 0) is 0 Å². The van der Waals surface area contributed by atoms with Gasteiger partial charge in [0.1, 0.15) is 23.0 Å². The van der Waals surface area contributed by atoms with Crippen molar-refractivity contribution < 1.29 is 8.83 Å². The normalized spacial score (nSPS) is 18.8. The van der Waals surface area contributed by atoms with Crippen LogP contribution in [0.2, 0.25) is 0 Å². The first-order valence-electron chi connectivity index (χ1n) is 10.0. The van der Waals surface area contributed by atoms with Crippen molar-refractivity contribution in [1.82, 2.24) is 0 Å². The van der Waals surface area contributed by atoms with E-state index in [-0.39, 0.29) is 0 Å². The molecule has 3 rings (SSSR count). The Balaban J connectivity index is 2.66. The summed E-state index contributed by atoms with van der Waals surface area (Å²) in [5.74, 6) is 3.14. The van der Waals surface area contributed by atoms with Gasteiger partial charge in [0.2, 0.25) is 0 Å². The Labute approximate surface area is 179 Å². The van der Waals surface area contributed by atoms with E-state index < -0.39 is 0 Å². The molecule has 152 valence electrons. The van der Waals surface area contributed by atoms with Gasteiger partial charge in [-0.05, 0) is 62.1 Å². The van der Waals surface area contributed by atoms with Gasteiger partial charge in [-0.3, -0.25) is 0 Å². The van der Waals surface area contributed by atoms with Gasteiger partial charge in [0, 0.05) is 22.3 Å². The highest BCUT2D eigenvalue weighted by atomic mass is 16.3. The monoisotopic (exact) mass is 396 g/mol. The molecule has 0 atom stereocenters. The lowest BCUT2D eigenvalue weighted by Gasteiger charge is -2.23. The third kappa shape index (κ3) is 3.05. The van der Waals surface area contributed by atoms with Gasteiger partial charge in [0.05, 0.1) is 0 Å². The van der Waals surface area contributed by atoms with E-state index >= 15 is 0 Å². The van der Waals surface area contributed by atoms with E-state index in [1.54, 1.807) is 24.3 Å². The Morgan fingerprint density at radius 1 is 0.567 bits per heavy atom. The molecule has 2 aromatic heterocycles. The topological polar surface area (TPSA) is 26.3 Å². The van der Waals surface area contributed by atoms with Gasteiger partial charge >= 0.3 is 0 Å². The molecule has 0 saturated heterocycles. The fourth-order valence-corrected chi connectivity index (χ4v) is 4.32. The highest BCUT2D eigenvalue weighted by Gasteiger charge is 2.33. The molecule has 2 aromatic rings. The molecule has 0 aliphatic heterocycles. The zero-order valence-electron chi connectivity index (χ0n) is 18.3. The minimum absolute atomic E-state index is 0.730. The predicted molar refractivity (Wildman–Crippen MR) is 131 cm³/mol. The molecular formula is C28H28O2. The van der Waals surface area contributed by atoms with Crippen molar-refractivity contribution in [2.45, 2.75) is 27.7 Å². The molecule has 0 spiro atoms. The smallest absolute Gasteiger partial charge is 0.134 e. The van der Waals surface area contributed by atoms with Gasteiger partial charge in [-0.1, -0.05) is 62.8 Å². The van der Waals surface area contributed by atoms with Crippen LogP contribution < -0.4 is 0 Å². The van der Waals surface area contributed by atoms with Crippen LogP contribution in [0.3, 0.4) is 0 Å². The Kier molecular flexibility index (Phi) is 5.98. The van der Waals surface area contributed by atoms with Crippen molar-refractivity contribution in [2.75, 3.05) is 0 Å². The van der Waals surface area contributed by atoms with Crippen LogP contribution in [0.5, 0.6) is 0 Å². The molecule has 0 aromatic carbocycles. The number of hydrogen-bond acceptors (Lipinski definition) is 2. The molecule has 2 heteroatoms. The number of rotatable bonds is 4. The van der Waals surface area contributed by atoms with Crippen LogP contribution >= 0.6 is 0 Å². The van der Waals surface area contributed by atoms with Gasteiger partial charge in [-0.25, -0.2) is 0 Å². The first kappa shape index (κ1) is 21.2. The zero-order chi connectivity index (χ0) is 22.0. The average Bonchev–Trinajstić information content (AvgIpc) is 3.23. The lowest BCUT2D eigenvalue weighted by Crippen LogP contribution is -2.05. The fourth-order valence-electron chi connectivity index (χ4n) is 4.32. The molecule has 2 heterocycles. The summed E-state index contributed by atoms with van der Waals surface area (Å²) >= 11 is 0. The number of aryl methyl sites for hydroxylation is 2. The van der Waals surface area contributed by atoms with Gasteiger partial charge in [0.15, 0.2) is 0 Å². The quantitative estimate of drug-likeness (QED) is 0.518. The maximum absolute atomic E-state index is 6.16. The second-order valence-electron chi connectivity index (χ2n) is 6.99. The minimum Gasteiger partial charge on any atom is -0.461 e. The van der Waals surface area contributed by atoms with Crippen molar-refractivity contribution in [3.63, 3.8) is 0 Å².